The fourth-order valence-electron chi connectivity index (χ4n) is 2.77. The Hall–Kier alpha value is -0.260. The molecule has 0 radical (unpaired) electrons. The lowest BCUT2D eigenvalue weighted by Crippen LogP contribution is -2.66. The number of piperidine rings is 1. The second-order valence-corrected chi connectivity index (χ2v) is 6.72. The number of carbonyl (C=O) groups is 1. The van der Waals surface area contributed by atoms with Crippen LogP contribution in [0.25, 0.3) is 0 Å². The van der Waals surface area contributed by atoms with Gasteiger partial charge in [-0.1, -0.05) is 6.92 Å². The van der Waals surface area contributed by atoms with Crippen molar-refractivity contribution in [3.63, 3.8) is 0 Å². The van der Waals surface area contributed by atoms with Gasteiger partial charge in [0.25, 0.3) is 0 Å². The van der Waals surface area contributed by atoms with Gasteiger partial charge in [0.2, 0.25) is 5.91 Å². The molecule has 1 atom stereocenters. The summed E-state index contributed by atoms with van der Waals surface area (Å²) in [4.78, 5) is 14.5. The number of nitrogens with zero attached hydrogens (tertiary/aromatic N) is 1. The minimum Gasteiger partial charge on any atom is -0.353 e. The van der Waals surface area contributed by atoms with Gasteiger partial charge in [0.1, 0.15) is 5.54 Å². The van der Waals surface area contributed by atoms with Crippen molar-refractivity contribution in [1.82, 2.24) is 15.5 Å². The topological polar surface area (TPSA) is 44.4 Å². The first-order valence-electron chi connectivity index (χ1n) is 6.95. The highest BCUT2D eigenvalue weighted by atomic mass is 32.2. The van der Waals surface area contributed by atoms with Crippen LogP contribution in [0.3, 0.4) is 0 Å². The standard InChI is InChI=1S/C13H25N3OS/c1-11(18-2)3-8-16-9-4-13(5-10-16)12(17)14-6-7-15-13/h11,15H,3-10H2,1-2H3,(H,14,17)/t11-/m1/s1. The Morgan fingerprint density at radius 1 is 1.39 bits per heavy atom. The third-order valence-corrected chi connectivity index (χ3v) is 5.31. The summed E-state index contributed by atoms with van der Waals surface area (Å²) in [6, 6.07) is 0. The van der Waals surface area contributed by atoms with Gasteiger partial charge in [0, 0.05) is 31.4 Å². The molecular formula is C13H25N3OS. The van der Waals surface area contributed by atoms with Crippen LogP contribution in [0.2, 0.25) is 0 Å². The molecule has 0 unspecified atom stereocenters. The molecular weight excluding hydrogens is 246 g/mol. The maximum absolute atomic E-state index is 12.0. The van der Waals surface area contributed by atoms with E-state index in [9.17, 15) is 4.79 Å². The molecule has 4 nitrogen and oxygen atoms in total. The highest BCUT2D eigenvalue weighted by Gasteiger charge is 2.42. The van der Waals surface area contributed by atoms with Crippen LogP contribution in [-0.4, -0.2) is 60.6 Å². The van der Waals surface area contributed by atoms with E-state index >= 15 is 0 Å². The van der Waals surface area contributed by atoms with Gasteiger partial charge in [-0.2, -0.15) is 11.8 Å². The number of carbonyl (C=O) groups excluding carboxylic acids is 1. The predicted molar refractivity (Wildman–Crippen MR) is 77.0 cm³/mol. The van der Waals surface area contributed by atoms with Crippen LogP contribution in [-0.2, 0) is 4.79 Å². The van der Waals surface area contributed by atoms with Crippen LogP contribution in [0.15, 0.2) is 0 Å². The van der Waals surface area contributed by atoms with Gasteiger partial charge in [-0.25, -0.2) is 0 Å². The molecule has 0 aromatic carbocycles. The molecule has 2 rings (SSSR count). The van der Waals surface area contributed by atoms with E-state index in [4.69, 9.17) is 0 Å². The molecule has 5 heteroatoms. The Morgan fingerprint density at radius 3 is 2.72 bits per heavy atom. The molecule has 0 bridgehead atoms. The largest absolute Gasteiger partial charge is 0.353 e. The molecule has 2 aliphatic rings. The van der Waals surface area contributed by atoms with Gasteiger partial charge in [0.15, 0.2) is 0 Å². The maximum atomic E-state index is 12.0. The average Bonchev–Trinajstić information content (AvgIpc) is 2.41. The first-order chi connectivity index (χ1) is 8.66. The molecule has 2 aliphatic heterocycles. The molecule has 0 aliphatic carbocycles. The molecule has 0 aromatic heterocycles. The van der Waals surface area contributed by atoms with Crippen molar-refractivity contribution < 1.29 is 4.79 Å². The number of nitrogens with one attached hydrogen (secondary N) is 2. The second kappa shape index (κ2) is 6.26. The van der Waals surface area contributed by atoms with Gasteiger partial charge in [-0.15, -0.1) is 0 Å². The molecule has 104 valence electrons. The second-order valence-electron chi connectivity index (χ2n) is 5.44. The Labute approximate surface area is 114 Å². The van der Waals surface area contributed by atoms with Gasteiger partial charge >= 0.3 is 0 Å². The summed E-state index contributed by atoms with van der Waals surface area (Å²) in [6.07, 6.45) is 5.32. The number of hydrogen-bond donors (Lipinski definition) is 2. The summed E-state index contributed by atoms with van der Waals surface area (Å²) in [5, 5.41) is 7.16. The fraction of sp³-hybridized carbons (Fsp3) is 0.923. The zero-order chi connectivity index (χ0) is 13.0. The number of piperazine rings is 1. The van der Waals surface area contributed by atoms with E-state index in [2.05, 4.69) is 28.7 Å². The molecule has 1 amide bonds. The van der Waals surface area contributed by atoms with Crippen molar-refractivity contribution in [3.05, 3.63) is 0 Å². The van der Waals surface area contributed by atoms with E-state index in [1.807, 2.05) is 11.8 Å². The highest BCUT2D eigenvalue weighted by Crippen LogP contribution is 2.24. The van der Waals surface area contributed by atoms with E-state index in [1.165, 1.54) is 13.0 Å². The van der Waals surface area contributed by atoms with Gasteiger partial charge in [-0.3, -0.25) is 4.79 Å². The van der Waals surface area contributed by atoms with Crippen molar-refractivity contribution >= 4 is 17.7 Å². The number of amides is 1. The van der Waals surface area contributed by atoms with E-state index in [-0.39, 0.29) is 11.4 Å². The van der Waals surface area contributed by atoms with Crippen molar-refractivity contribution in [3.8, 4) is 0 Å². The lowest BCUT2D eigenvalue weighted by atomic mass is 9.85. The van der Waals surface area contributed by atoms with Gasteiger partial charge in [0.05, 0.1) is 0 Å². The van der Waals surface area contributed by atoms with Gasteiger partial charge in [-0.05, 0) is 32.1 Å². The van der Waals surface area contributed by atoms with E-state index in [0.29, 0.717) is 0 Å². The molecule has 0 saturated carbocycles. The normalized spacial score (nSPS) is 26.0. The molecule has 1 spiro atoms. The average molecular weight is 271 g/mol. The van der Waals surface area contributed by atoms with Crippen LogP contribution in [0.1, 0.15) is 26.2 Å². The molecule has 2 heterocycles. The van der Waals surface area contributed by atoms with Crippen LogP contribution in [0.4, 0.5) is 0 Å². The lowest BCUT2D eigenvalue weighted by Gasteiger charge is -2.43. The van der Waals surface area contributed by atoms with Crippen molar-refractivity contribution in [2.75, 3.05) is 39.0 Å². The smallest absolute Gasteiger partial charge is 0.240 e. The third-order valence-electron chi connectivity index (χ3n) is 4.27. The zero-order valence-corrected chi connectivity index (χ0v) is 12.3. The Balaban J connectivity index is 1.78. The lowest BCUT2D eigenvalue weighted by molar-refractivity contribution is -0.131. The minimum atomic E-state index is -0.264. The SMILES string of the molecule is CS[C@H](C)CCN1CCC2(CC1)NCCNC2=O. The Kier molecular flexibility index (Phi) is 4.92. The Morgan fingerprint density at radius 2 is 2.11 bits per heavy atom. The van der Waals surface area contributed by atoms with E-state index in [0.717, 1.165) is 44.3 Å². The van der Waals surface area contributed by atoms with Gasteiger partial charge < -0.3 is 15.5 Å². The van der Waals surface area contributed by atoms with Crippen LogP contribution < -0.4 is 10.6 Å². The molecule has 18 heavy (non-hydrogen) atoms. The van der Waals surface area contributed by atoms with Crippen LogP contribution in [0, 0.1) is 0 Å². The molecule has 2 saturated heterocycles. The number of thioether (sulfide) groups is 1. The summed E-state index contributed by atoms with van der Waals surface area (Å²) in [5.41, 5.74) is -0.264. The van der Waals surface area contributed by atoms with E-state index < -0.39 is 0 Å². The molecule has 2 N–H and O–H groups in total. The molecule has 0 aromatic rings. The van der Waals surface area contributed by atoms with Crippen molar-refractivity contribution in [2.45, 2.75) is 37.0 Å². The van der Waals surface area contributed by atoms with Crippen molar-refractivity contribution in [2.24, 2.45) is 0 Å². The fourth-order valence-corrected chi connectivity index (χ4v) is 3.11. The Bertz CT molecular complexity index is 290. The van der Waals surface area contributed by atoms with E-state index in [1.54, 1.807) is 0 Å². The number of hydrogen-bond acceptors (Lipinski definition) is 4. The highest BCUT2D eigenvalue weighted by molar-refractivity contribution is 7.99. The number of rotatable bonds is 4. The van der Waals surface area contributed by atoms with Crippen LogP contribution in [0.5, 0.6) is 0 Å². The first-order valence-corrected chi connectivity index (χ1v) is 8.23. The van der Waals surface area contributed by atoms with Crippen LogP contribution >= 0.6 is 11.8 Å². The monoisotopic (exact) mass is 271 g/mol. The molecule has 2 fully saturated rings. The quantitative estimate of drug-likeness (QED) is 0.789. The maximum Gasteiger partial charge on any atom is 0.240 e. The summed E-state index contributed by atoms with van der Waals surface area (Å²) in [6.45, 7) is 7.22. The summed E-state index contributed by atoms with van der Waals surface area (Å²) in [7, 11) is 0. The summed E-state index contributed by atoms with van der Waals surface area (Å²) >= 11 is 1.93. The summed E-state index contributed by atoms with van der Waals surface area (Å²) < 4.78 is 0. The minimum absolute atomic E-state index is 0.214. The first kappa shape index (κ1) is 14.2. The summed E-state index contributed by atoms with van der Waals surface area (Å²) in [5.74, 6) is 0.214. The van der Waals surface area contributed by atoms with Crippen molar-refractivity contribution in [1.29, 1.82) is 0 Å². The zero-order valence-electron chi connectivity index (χ0n) is 11.5. The number of likely N-dealkylation sites (tertiary alicyclic amines) is 1. The third kappa shape index (κ3) is 3.19. The predicted octanol–water partition coefficient (Wildman–Crippen LogP) is 0.682.